The largest absolute Gasteiger partial charge is 0.497 e. The van der Waals surface area contributed by atoms with Gasteiger partial charge in [-0.3, -0.25) is 4.90 Å². The highest BCUT2D eigenvalue weighted by atomic mass is 19.4. The standard InChI is InChI=1S/C48H50F6N6O7/c1-25-36(48(52,53)54)32(18-34(37(25)49)58(19-27-8-13-30(62-6)14-9-27)20-28-10-15-31(63-7)16-11-28)39-38(50)40-35-42(57-44(56-40)65-24-47(51)22-64-23-47)59-21-29-12-17-33(41(59)26(2)66-43(35)55-39)60(29)45(61)67-46(3,4)5/h8-11,13-16,18,26,29,33,41H,12,17,19-24H2,1-7H3/t26-,29+,33-,41+/m0/s1. The average Bonchev–Trinajstić information content (AvgIpc) is 3.52. The molecule has 3 fully saturated rings. The van der Waals surface area contributed by atoms with E-state index in [0.717, 1.165) is 13.0 Å². The predicted octanol–water partition coefficient (Wildman–Crippen LogP) is 9.38. The van der Waals surface area contributed by atoms with Crippen molar-refractivity contribution >= 4 is 28.5 Å². The molecule has 5 aromatic rings. The van der Waals surface area contributed by atoms with Crippen molar-refractivity contribution in [2.75, 3.05) is 50.4 Å². The Morgan fingerprint density at radius 3 is 2.09 bits per heavy atom. The van der Waals surface area contributed by atoms with Crippen LogP contribution in [0.5, 0.6) is 23.4 Å². The average molecular weight is 937 g/mol. The minimum Gasteiger partial charge on any atom is -0.497 e. The van der Waals surface area contributed by atoms with E-state index in [-0.39, 0.29) is 61.7 Å². The molecule has 0 N–H and O–H groups in total. The second-order valence-electron chi connectivity index (χ2n) is 18.5. The number of carbonyl (C=O) groups excluding carboxylic acids is 1. The number of benzene rings is 3. The molecule has 0 unspecified atom stereocenters. The lowest BCUT2D eigenvalue weighted by Gasteiger charge is -2.48. The Morgan fingerprint density at radius 1 is 0.910 bits per heavy atom. The normalized spacial score (nSPS) is 20.7. The lowest BCUT2D eigenvalue weighted by Crippen LogP contribution is -2.65. The number of ether oxygens (including phenoxy) is 6. The Kier molecular flexibility index (Phi) is 11.7. The highest BCUT2D eigenvalue weighted by Gasteiger charge is 2.54. The number of halogens is 6. The Balaban J connectivity index is 1.22. The summed E-state index contributed by atoms with van der Waals surface area (Å²) in [6.45, 7) is 7.12. The van der Waals surface area contributed by atoms with Crippen LogP contribution in [0.25, 0.3) is 22.2 Å². The summed E-state index contributed by atoms with van der Waals surface area (Å²) in [6, 6.07) is 12.8. The van der Waals surface area contributed by atoms with Gasteiger partial charge in [0.15, 0.2) is 11.5 Å². The molecule has 4 aliphatic rings. The molecule has 4 aliphatic heterocycles. The zero-order valence-electron chi connectivity index (χ0n) is 38.0. The first kappa shape index (κ1) is 45.9. The van der Waals surface area contributed by atoms with Crippen molar-refractivity contribution in [3.05, 3.63) is 88.5 Å². The van der Waals surface area contributed by atoms with E-state index in [1.807, 2.05) is 4.90 Å². The quantitative estimate of drug-likeness (QED) is 0.117. The molecule has 19 heteroatoms. The number of pyridine rings is 1. The number of carbonyl (C=O) groups is 1. The molecule has 13 nitrogen and oxygen atoms in total. The maximum absolute atomic E-state index is 17.8. The zero-order chi connectivity index (χ0) is 47.7. The molecule has 6 heterocycles. The second-order valence-corrected chi connectivity index (χ2v) is 18.5. The van der Waals surface area contributed by atoms with E-state index in [4.69, 9.17) is 28.4 Å². The molecule has 2 bridgehead atoms. The van der Waals surface area contributed by atoms with Crippen LogP contribution < -0.4 is 28.7 Å². The van der Waals surface area contributed by atoms with Crippen LogP contribution in [0.1, 0.15) is 62.8 Å². The van der Waals surface area contributed by atoms with Crippen LogP contribution in [0.2, 0.25) is 0 Å². The van der Waals surface area contributed by atoms with E-state index in [2.05, 4.69) is 15.0 Å². The number of aromatic nitrogens is 3. The van der Waals surface area contributed by atoms with E-state index in [1.165, 1.54) is 14.2 Å². The van der Waals surface area contributed by atoms with E-state index < -0.39 is 93.9 Å². The van der Waals surface area contributed by atoms with E-state index >= 15 is 26.3 Å². The van der Waals surface area contributed by atoms with Gasteiger partial charge in [-0.15, -0.1) is 0 Å². The van der Waals surface area contributed by atoms with Gasteiger partial charge in [0, 0.05) is 25.2 Å². The summed E-state index contributed by atoms with van der Waals surface area (Å²) in [5, 5.41) is -0.0664. The molecule has 67 heavy (non-hydrogen) atoms. The number of piperazine rings is 1. The fourth-order valence-corrected chi connectivity index (χ4v) is 9.55. The summed E-state index contributed by atoms with van der Waals surface area (Å²) in [5.41, 5.74) is -6.00. The lowest BCUT2D eigenvalue weighted by atomic mass is 9.95. The van der Waals surface area contributed by atoms with E-state index in [9.17, 15) is 4.79 Å². The topological polar surface area (TPSA) is 121 Å². The first-order valence-corrected chi connectivity index (χ1v) is 21.9. The summed E-state index contributed by atoms with van der Waals surface area (Å²) >= 11 is 0. The SMILES string of the molecule is COc1ccc(CN(Cc2ccc(OC)cc2)c2cc(-c3nc4c5c(nc(OCC6(F)COC6)nc5c3F)N3C[C@H]5CC[C@@H]([C@H]3[C@H](C)O4)N5C(=O)OC(C)(C)C)c(C(F)(F)F)c(C)c2F)cc1. The maximum atomic E-state index is 17.8. The zero-order valence-corrected chi connectivity index (χ0v) is 38.0. The Morgan fingerprint density at radius 2 is 1.54 bits per heavy atom. The number of fused-ring (bicyclic) bond motifs is 5. The fourth-order valence-electron chi connectivity index (χ4n) is 9.55. The number of hydrogen-bond donors (Lipinski definition) is 0. The molecule has 3 aromatic carbocycles. The van der Waals surface area contributed by atoms with Crippen LogP contribution in [0.3, 0.4) is 0 Å². The number of alkyl halides is 4. The van der Waals surface area contributed by atoms with Gasteiger partial charge in [0.2, 0.25) is 5.88 Å². The third-order valence-corrected chi connectivity index (χ3v) is 12.7. The molecule has 0 saturated carbocycles. The van der Waals surface area contributed by atoms with Crippen LogP contribution in [0.4, 0.5) is 42.6 Å². The van der Waals surface area contributed by atoms with Crippen LogP contribution in [0.15, 0.2) is 54.6 Å². The first-order valence-electron chi connectivity index (χ1n) is 21.9. The Labute approximate surface area is 382 Å². The summed E-state index contributed by atoms with van der Waals surface area (Å²) in [5.74, 6) is -1.58. The predicted molar refractivity (Wildman–Crippen MR) is 235 cm³/mol. The molecule has 9 rings (SSSR count). The van der Waals surface area contributed by atoms with Crippen molar-refractivity contribution in [2.45, 2.75) is 102 Å². The van der Waals surface area contributed by atoms with Crippen molar-refractivity contribution in [2.24, 2.45) is 0 Å². The maximum Gasteiger partial charge on any atom is 0.417 e. The third-order valence-electron chi connectivity index (χ3n) is 12.7. The highest BCUT2D eigenvalue weighted by molar-refractivity contribution is 5.98. The molecule has 0 radical (unpaired) electrons. The van der Waals surface area contributed by atoms with Crippen molar-refractivity contribution in [1.82, 2.24) is 19.9 Å². The number of rotatable bonds is 11. The highest BCUT2D eigenvalue weighted by Crippen LogP contribution is 2.49. The summed E-state index contributed by atoms with van der Waals surface area (Å²) in [7, 11) is 3.01. The summed E-state index contributed by atoms with van der Waals surface area (Å²) in [6.07, 6.45) is -5.43. The molecule has 4 atom stereocenters. The Bertz CT molecular complexity index is 2650. The van der Waals surface area contributed by atoms with Gasteiger partial charge in [-0.2, -0.15) is 23.1 Å². The van der Waals surface area contributed by atoms with Gasteiger partial charge in [0.1, 0.15) is 58.0 Å². The van der Waals surface area contributed by atoms with Crippen LogP contribution in [-0.2, 0) is 28.7 Å². The smallest absolute Gasteiger partial charge is 0.417 e. The number of hydrogen-bond acceptors (Lipinski definition) is 12. The van der Waals surface area contributed by atoms with Crippen LogP contribution in [0, 0.1) is 18.6 Å². The summed E-state index contributed by atoms with van der Waals surface area (Å²) in [4.78, 5) is 32.4. The molecule has 0 aliphatic carbocycles. The van der Waals surface area contributed by atoms with Crippen molar-refractivity contribution in [1.29, 1.82) is 0 Å². The van der Waals surface area contributed by atoms with Gasteiger partial charge < -0.3 is 38.2 Å². The fraction of sp³-hybridized carbons (Fsp3) is 0.458. The number of nitrogens with zero attached hydrogens (tertiary/aromatic N) is 6. The summed E-state index contributed by atoms with van der Waals surface area (Å²) < 4.78 is 130. The van der Waals surface area contributed by atoms with Gasteiger partial charge in [-0.05, 0) is 94.5 Å². The van der Waals surface area contributed by atoms with Crippen LogP contribution >= 0.6 is 0 Å². The Hall–Kier alpha value is -6.24. The van der Waals surface area contributed by atoms with Gasteiger partial charge >= 0.3 is 18.3 Å². The van der Waals surface area contributed by atoms with Gasteiger partial charge in [-0.25, -0.2) is 22.9 Å². The molecule has 1 amide bonds. The van der Waals surface area contributed by atoms with Crippen molar-refractivity contribution < 1.29 is 59.6 Å². The minimum absolute atomic E-state index is 0.00871. The van der Waals surface area contributed by atoms with E-state index in [0.29, 0.717) is 35.5 Å². The van der Waals surface area contributed by atoms with Gasteiger partial charge in [-0.1, -0.05) is 24.3 Å². The van der Waals surface area contributed by atoms with Crippen molar-refractivity contribution in [3.63, 3.8) is 0 Å². The number of methoxy groups -OCH3 is 2. The second kappa shape index (κ2) is 17.1. The van der Waals surface area contributed by atoms with Gasteiger partial charge in [0.25, 0.3) is 0 Å². The molecule has 0 spiro atoms. The molecule has 356 valence electrons. The molecular weight excluding hydrogens is 887 g/mol. The van der Waals surface area contributed by atoms with Gasteiger partial charge in [0.05, 0.1) is 56.8 Å². The number of amides is 1. The molecule has 2 aromatic heterocycles. The van der Waals surface area contributed by atoms with E-state index in [1.54, 1.807) is 86.0 Å². The third kappa shape index (κ3) is 8.66. The van der Waals surface area contributed by atoms with Crippen molar-refractivity contribution in [3.8, 4) is 34.6 Å². The minimum atomic E-state index is -5.21. The first-order chi connectivity index (χ1) is 31.8. The number of anilines is 2. The lowest BCUT2D eigenvalue weighted by molar-refractivity contribution is -0.146. The monoisotopic (exact) mass is 936 g/mol. The molecule has 3 saturated heterocycles. The molecular formula is C48H50F6N6O7. The van der Waals surface area contributed by atoms with Crippen LogP contribution in [-0.4, -0.2) is 102 Å².